The third kappa shape index (κ3) is 2.51. The molecule has 2 rings (SSSR count). The van der Waals surface area contributed by atoms with E-state index in [1.54, 1.807) is 20.8 Å². The number of carboxylic acid groups (broad SMARTS) is 1. The van der Waals surface area contributed by atoms with Gasteiger partial charge in [0.05, 0.1) is 12.6 Å². The Morgan fingerprint density at radius 3 is 2.40 bits per heavy atom. The SMILES string of the molecule is CC(C)(C)OC(=O)N1CC(F)(F)C2C1CCN2C(=O)O. The second-order valence-electron chi connectivity index (χ2n) is 6.15. The number of hydrogen-bond donors (Lipinski definition) is 1. The highest BCUT2D eigenvalue weighted by atomic mass is 19.3. The van der Waals surface area contributed by atoms with Gasteiger partial charge in [-0.25, -0.2) is 18.4 Å². The van der Waals surface area contributed by atoms with Crippen molar-refractivity contribution in [3.63, 3.8) is 0 Å². The lowest BCUT2D eigenvalue weighted by Gasteiger charge is -2.27. The van der Waals surface area contributed by atoms with Crippen LogP contribution in [0.1, 0.15) is 27.2 Å². The maximum Gasteiger partial charge on any atom is 0.410 e. The molecular weight excluding hydrogens is 274 g/mol. The van der Waals surface area contributed by atoms with Crippen molar-refractivity contribution in [3.8, 4) is 0 Å². The Morgan fingerprint density at radius 2 is 1.90 bits per heavy atom. The maximum absolute atomic E-state index is 14.0. The molecule has 0 aromatic heterocycles. The summed E-state index contributed by atoms with van der Waals surface area (Å²) in [5.41, 5.74) is -0.782. The monoisotopic (exact) mass is 292 g/mol. The van der Waals surface area contributed by atoms with Crippen LogP contribution in [0.2, 0.25) is 0 Å². The van der Waals surface area contributed by atoms with Gasteiger partial charge in [-0.3, -0.25) is 9.80 Å². The lowest BCUT2D eigenvalue weighted by molar-refractivity contribution is -0.0410. The molecule has 2 unspecified atom stereocenters. The minimum atomic E-state index is -3.25. The quantitative estimate of drug-likeness (QED) is 0.741. The van der Waals surface area contributed by atoms with Crippen molar-refractivity contribution in [2.45, 2.75) is 50.8 Å². The second-order valence-corrected chi connectivity index (χ2v) is 6.15. The van der Waals surface area contributed by atoms with Crippen LogP contribution in [0.5, 0.6) is 0 Å². The van der Waals surface area contributed by atoms with Crippen LogP contribution in [0.25, 0.3) is 0 Å². The van der Waals surface area contributed by atoms with Gasteiger partial charge >= 0.3 is 12.2 Å². The Balaban J connectivity index is 2.20. The molecule has 2 amide bonds. The van der Waals surface area contributed by atoms with Crippen molar-refractivity contribution in [1.82, 2.24) is 9.80 Å². The van der Waals surface area contributed by atoms with Crippen molar-refractivity contribution < 1.29 is 28.2 Å². The fourth-order valence-corrected chi connectivity index (χ4v) is 2.78. The fraction of sp³-hybridized carbons (Fsp3) is 0.833. The molecule has 2 aliphatic heterocycles. The van der Waals surface area contributed by atoms with Crippen LogP contribution in [0.4, 0.5) is 18.4 Å². The maximum atomic E-state index is 14.0. The summed E-state index contributed by atoms with van der Waals surface area (Å²) in [4.78, 5) is 24.6. The van der Waals surface area contributed by atoms with Gasteiger partial charge in [-0.15, -0.1) is 0 Å². The summed E-state index contributed by atoms with van der Waals surface area (Å²) >= 11 is 0. The van der Waals surface area contributed by atoms with Crippen molar-refractivity contribution in [3.05, 3.63) is 0 Å². The van der Waals surface area contributed by atoms with E-state index in [-0.39, 0.29) is 13.0 Å². The molecule has 0 spiro atoms. The van der Waals surface area contributed by atoms with E-state index < -0.39 is 42.3 Å². The summed E-state index contributed by atoms with van der Waals surface area (Å²) < 4.78 is 33.1. The number of alkyl halides is 2. The summed E-state index contributed by atoms with van der Waals surface area (Å²) in [6.07, 6.45) is -2.01. The number of hydrogen-bond acceptors (Lipinski definition) is 3. The molecule has 0 saturated carbocycles. The van der Waals surface area contributed by atoms with E-state index in [1.165, 1.54) is 0 Å². The minimum Gasteiger partial charge on any atom is -0.465 e. The van der Waals surface area contributed by atoms with E-state index in [4.69, 9.17) is 9.84 Å². The molecule has 0 radical (unpaired) electrons. The molecule has 0 aliphatic carbocycles. The third-order valence-corrected chi connectivity index (χ3v) is 3.45. The Labute approximate surface area is 115 Å². The topological polar surface area (TPSA) is 70.1 Å². The molecule has 2 fully saturated rings. The number of halogens is 2. The zero-order valence-corrected chi connectivity index (χ0v) is 11.6. The number of rotatable bonds is 0. The van der Waals surface area contributed by atoms with Crippen molar-refractivity contribution in [2.24, 2.45) is 0 Å². The summed E-state index contributed by atoms with van der Waals surface area (Å²) in [5, 5.41) is 8.96. The number of carbonyl (C=O) groups excluding carboxylic acids is 1. The molecule has 1 N–H and O–H groups in total. The van der Waals surface area contributed by atoms with Crippen LogP contribution in [0, 0.1) is 0 Å². The van der Waals surface area contributed by atoms with Crippen LogP contribution in [0.3, 0.4) is 0 Å². The fourth-order valence-electron chi connectivity index (χ4n) is 2.78. The first-order valence-corrected chi connectivity index (χ1v) is 6.40. The van der Waals surface area contributed by atoms with E-state index >= 15 is 0 Å². The Kier molecular flexibility index (Phi) is 3.30. The van der Waals surface area contributed by atoms with E-state index in [0.717, 1.165) is 9.80 Å². The van der Waals surface area contributed by atoms with Crippen molar-refractivity contribution in [2.75, 3.05) is 13.1 Å². The molecule has 20 heavy (non-hydrogen) atoms. The highest BCUT2D eigenvalue weighted by Gasteiger charge is 2.62. The zero-order chi connectivity index (χ0) is 15.3. The molecular formula is C12H18F2N2O4. The van der Waals surface area contributed by atoms with Gasteiger partial charge in [-0.05, 0) is 27.2 Å². The molecule has 2 aliphatic rings. The van der Waals surface area contributed by atoms with Crippen LogP contribution in [-0.4, -0.2) is 63.8 Å². The Morgan fingerprint density at radius 1 is 1.30 bits per heavy atom. The lowest BCUT2D eigenvalue weighted by atomic mass is 10.1. The molecule has 8 heteroatoms. The molecule has 0 aromatic rings. The van der Waals surface area contributed by atoms with Gasteiger partial charge in [0.25, 0.3) is 5.92 Å². The van der Waals surface area contributed by atoms with E-state index in [0.29, 0.717) is 0 Å². The van der Waals surface area contributed by atoms with E-state index in [2.05, 4.69) is 0 Å². The normalized spacial score (nSPS) is 28.4. The average Bonchev–Trinajstić information content (AvgIpc) is 2.76. The van der Waals surface area contributed by atoms with Gasteiger partial charge in [0.1, 0.15) is 11.6 Å². The molecule has 2 saturated heterocycles. The third-order valence-electron chi connectivity index (χ3n) is 3.45. The predicted octanol–water partition coefficient (Wildman–Crippen LogP) is 1.99. The van der Waals surface area contributed by atoms with Gasteiger partial charge in [0.2, 0.25) is 0 Å². The molecule has 6 nitrogen and oxygen atoms in total. The molecule has 0 bridgehead atoms. The Hall–Kier alpha value is -1.60. The number of likely N-dealkylation sites (tertiary alicyclic amines) is 2. The summed E-state index contributed by atoms with van der Waals surface area (Å²) in [5.74, 6) is -3.25. The van der Waals surface area contributed by atoms with Gasteiger partial charge in [0, 0.05) is 6.54 Å². The highest BCUT2D eigenvalue weighted by Crippen LogP contribution is 2.41. The minimum absolute atomic E-state index is 0.000442. The first kappa shape index (κ1) is 14.8. The first-order valence-electron chi connectivity index (χ1n) is 6.40. The van der Waals surface area contributed by atoms with Gasteiger partial charge in [-0.2, -0.15) is 0 Å². The van der Waals surface area contributed by atoms with Crippen molar-refractivity contribution >= 4 is 12.2 Å². The van der Waals surface area contributed by atoms with Crippen molar-refractivity contribution in [1.29, 1.82) is 0 Å². The van der Waals surface area contributed by atoms with Crippen LogP contribution >= 0.6 is 0 Å². The summed E-state index contributed by atoms with van der Waals surface area (Å²) in [6, 6.07) is -2.30. The molecule has 2 heterocycles. The average molecular weight is 292 g/mol. The lowest BCUT2D eigenvalue weighted by Crippen LogP contribution is -2.47. The molecule has 114 valence electrons. The second kappa shape index (κ2) is 4.46. The number of carbonyl (C=O) groups is 2. The van der Waals surface area contributed by atoms with Gasteiger partial charge in [0.15, 0.2) is 0 Å². The first-order chi connectivity index (χ1) is 9.03. The van der Waals surface area contributed by atoms with E-state index in [1.807, 2.05) is 0 Å². The number of nitrogens with zero attached hydrogens (tertiary/aromatic N) is 2. The number of amides is 2. The summed E-state index contributed by atoms with van der Waals surface area (Å²) in [7, 11) is 0. The number of fused-ring (bicyclic) bond motifs is 1. The highest BCUT2D eigenvalue weighted by molar-refractivity contribution is 5.71. The van der Waals surface area contributed by atoms with Crippen LogP contribution in [-0.2, 0) is 4.74 Å². The van der Waals surface area contributed by atoms with E-state index in [9.17, 15) is 18.4 Å². The van der Waals surface area contributed by atoms with Crippen LogP contribution in [0.15, 0.2) is 0 Å². The number of ether oxygens (including phenoxy) is 1. The summed E-state index contributed by atoms with van der Waals surface area (Å²) in [6.45, 7) is 4.14. The zero-order valence-electron chi connectivity index (χ0n) is 11.6. The molecule has 0 aromatic carbocycles. The predicted molar refractivity (Wildman–Crippen MR) is 64.8 cm³/mol. The largest absolute Gasteiger partial charge is 0.465 e. The van der Waals surface area contributed by atoms with Crippen LogP contribution < -0.4 is 0 Å². The molecule has 2 atom stereocenters. The smallest absolute Gasteiger partial charge is 0.410 e. The van der Waals surface area contributed by atoms with Gasteiger partial charge in [-0.1, -0.05) is 0 Å². The van der Waals surface area contributed by atoms with Gasteiger partial charge < -0.3 is 9.84 Å². The standard InChI is InChI=1S/C12H18F2N2O4/c1-11(2,3)20-10(19)16-6-12(13,14)8-7(16)4-5-15(8)9(17)18/h7-8H,4-6H2,1-3H3,(H,17,18). The Bertz CT molecular complexity index is 436.